The van der Waals surface area contributed by atoms with Crippen molar-refractivity contribution in [2.24, 2.45) is 0 Å². The maximum atomic E-state index is 6.07. The van der Waals surface area contributed by atoms with Crippen LogP contribution in [0.5, 0.6) is 5.75 Å². The quantitative estimate of drug-likeness (QED) is 0.815. The van der Waals surface area contributed by atoms with Crippen molar-refractivity contribution in [3.63, 3.8) is 0 Å². The van der Waals surface area contributed by atoms with Gasteiger partial charge in [0.1, 0.15) is 5.75 Å². The number of para-hydroxylation sites is 1. The van der Waals surface area contributed by atoms with Gasteiger partial charge in [0.2, 0.25) is 0 Å². The van der Waals surface area contributed by atoms with Crippen LogP contribution in [0.2, 0.25) is 5.02 Å². The van der Waals surface area contributed by atoms with Crippen molar-refractivity contribution >= 4 is 28.7 Å². The number of hydrogen-bond donors (Lipinski definition) is 2. The fraction of sp³-hybridized carbons (Fsp3) is 0.0769. The fourth-order valence-electron chi connectivity index (χ4n) is 1.48. The summed E-state index contributed by atoms with van der Waals surface area (Å²) in [5.74, 6) is 0.744. The summed E-state index contributed by atoms with van der Waals surface area (Å²) in [6.45, 7) is 0. The fourth-order valence-corrected chi connectivity index (χ4v) is 1.66. The lowest BCUT2D eigenvalue weighted by molar-refractivity contribution is 0.415. The Labute approximate surface area is 105 Å². The minimum absolute atomic E-state index is 0.644. The number of hydrogen-bond acceptors (Lipinski definition) is 3. The van der Waals surface area contributed by atoms with E-state index in [-0.39, 0.29) is 0 Å². The largest absolute Gasteiger partial charge is 0.497 e. The average molecular weight is 249 g/mol. The minimum Gasteiger partial charge on any atom is -0.497 e. The standard InChI is InChI=1S/C13H13ClN2O/c1-17-9-6-7-11(15)13(8-9)16-12-5-3-2-4-10(12)14/h2-8,16H,15H2,1H3. The highest BCUT2D eigenvalue weighted by Gasteiger charge is 2.04. The van der Waals surface area contributed by atoms with Crippen LogP contribution in [0.1, 0.15) is 0 Å². The number of anilines is 3. The second kappa shape index (κ2) is 4.97. The first-order valence-corrected chi connectivity index (χ1v) is 5.53. The molecule has 4 heteroatoms. The molecule has 0 aliphatic heterocycles. The molecule has 3 nitrogen and oxygen atoms in total. The molecule has 88 valence electrons. The van der Waals surface area contributed by atoms with Crippen LogP contribution < -0.4 is 15.8 Å². The SMILES string of the molecule is COc1ccc(N)c(Nc2ccccc2Cl)c1. The lowest BCUT2D eigenvalue weighted by atomic mass is 10.2. The van der Waals surface area contributed by atoms with Gasteiger partial charge in [-0.25, -0.2) is 0 Å². The molecule has 2 aromatic rings. The molecule has 0 heterocycles. The van der Waals surface area contributed by atoms with Crippen LogP contribution in [0.15, 0.2) is 42.5 Å². The van der Waals surface area contributed by atoms with Crippen LogP contribution in [0, 0.1) is 0 Å². The Morgan fingerprint density at radius 2 is 1.88 bits per heavy atom. The summed E-state index contributed by atoms with van der Waals surface area (Å²) in [6.07, 6.45) is 0. The molecule has 0 aliphatic carbocycles. The summed E-state index contributed by atoms with van der Waals surface area (Å²) in [4.78, 5) is 0. The first kappa shape index (κ1) is 11.6. The maximum Gasteiger partial charge on any atom is 0.121 e. The molecule has 3 N–H and O–H groups in total. The van der Waals surface area contributed by atoms with Crippen molar-refractivity contribution in [3.05, 3.63) is 47.5 Å². The van der Waals surface area contributed by atoms with E-state index in [0.717, 1.165) is 17.1 Å². The molecule has 0 fully saturated rings. The zero-order chi connectivity index (χ0) is 12.3. The number of nitrogens with two attached hydrogens (primary N) is 1. The molecule has 0 aromatic heterocycles. The topological polar surface area (TPSA) is 47.3 Å². The van der Waals surface area contributed by atoms with E-state index in [0.29, 0.717) is 10.7 Å². The Morgan fingerprint density at radius 3 is 2.59 bits per heavy atom. The molecule has 0 spiro atoms. The molecule has 0 saturated heterocycles. The van der Waals surface area contributed by atoms with Crippen molar-refractivity contribution in [2.75, 3.05) is 18.2 Å². The molecule has 0 amide bonds. The van der Waals surface area contributed by atoms with Crippen molar-refractivity contribution in [1.29, 1.82) is 0 Å². The van der Waals surface area contributed by atoms with Gasteiger partial charge in [-0.3, -0.25) is 0 Å². The van der Waals surface area contributed by atoms with Gasteiger partial charge in [0.25, 0.3) is 0 Å². The molecule has 0 radical (unpaired) electrons. The zero-order valence-corrected chi connectivity index (χ0v) is 10.2. The Bertz CT molecular complexity index is 529. The van der Waals surface area contributed by atoms with Crippen LogP contribution in [0.4, 0.5) is 17.1 Å². The van der Waals surface area contributed by atoms with Gasteiger partial charge in [-0.15, -0.1) is 0 Å². The third-order valence-electron chi connectivity index (χ3n) is 2.40. The summed E-state index contributed by atoms with van der Waals surface area (Å²) in [5.41, 5.74) is 8.11. The normalized spacial score (nSPS) is 10.0. The van der Waals surface area contributed by atoms with Gasteiger partial charge < -0.3 is 15.8 Å². The van der Waals surface area contributed by atoms with E-state index in [1.807, 2.05) is 36.4 Å². The number of methoxy groups -OCH3 is 1. The molecule has 0 saturated carbocycles. The Hall–Kier alpha value is -1.87. The highest BCUT2D eigenvalue weighted by Crippen LogP contribution is 2.30. The van der Waals surface area contributed by atoms with Crippen molar-refractivity contribution in [1.82, 2.24) is 0 Å². The number of halogens is 1. The van der Waals surface area contributed by atoms with E-state index in [4.69, 9.17) is 22.1 Å². The van der Waals surface area contributed by atoms with Gasteiger partial charge in [0.15, 0.2) is 0 Å². The molecular formula is C13H13ClN2O. The van der Waals surface area contributed by atoms with Gasteiger partial charge in [0.05, 0.1) is 29.2 Å². The van der Waals surface area contributed by atoms with E-state index in [1.165, 1.54) is 0 Å². The summed E-state index contributed by atoms with van der Waals surface area (Å²) in [5, 5.41) is 3.83. The third kappa shape index (κ3) is 2.63. The van der Waals surface area contributed by atoms with Gasteiger partial charge in [-0.05, 0) is 24.3 Å². The van der Waals surface area contributed by atoms with Gasteiger partial charge in [0, 0.05) is 6.07 Å². The third-order valence-corrected chi connectivity index (χ3v) is 2.73. The van der Waals surface area contributed by atoms with E-state index in [9.17, 15) is 0 Å². The predicted molar refractivity (Wildman–Crippen MR) is 72.1 cm³/mol. The van der Waals surface area contributed by atoms with Crippen molar-refractivity contribution in [3.8, 4) is 5.75 Å². The van der Waals surface area contributed by atoms with Crippen LogP contribution in [0.3, 0.4) is 0 Å². The van der Waals surface area contributed by atoms with E-state index < -0.39 is 0 Å². The molecule has 2 aromatic carbocycles. The van der Waals surface area contributed by atoms with Crippen LogP contribution in [-0.2, 0) is 0 Å². The number of benzene rings is 2. The number of ether oxygens (including phenoxy) is 1. The van der Waals surface area contributed by atoms with E-state index in [1.54, 1.807) is 13.2 Å². The monoisotopic (exact) mass is 248 g/mol. The maximum absolute atomic E-state index is 6.07. The Kier molecular flexibility index (Phi) is 3.40. The van der Waals surface area contributed by atoms with Crippen LogP contribution >= 0.6 is 11.6 Å². The number of nitrogens with one attached hydrogen (secondary N) is 1. The van der Waals surface area contributed by atoms with Crippen LogP contribution in [0.25, 0.3) is 0 Å². The van der Waals surface area contributed by atoms with Gasteiger partial charge in [-0.2, -0.15) is 0 Å². The smallest absolute Gasteiger partial charge is 0.121 e. The van der Waals surface area contributed by atoms with E-state index in [2.05, 4.69) is 5.32 Å². The van der Waals surface area contributed by atoms with Crippen LogP contribution in [-0.4, -0.2) is 7.11 Å². The Balaban J connectivity index is 2.32. The summed E-state index contributed by atoms with van der Waals surface area (Å²) >= 11 is 6.07. The highest BCUT2D eigenvalue weighted by atomic mass is 35.5. The molecular weight excluding hydrogens is 236 g/mol. The zero-order valence-electron chi connectivity index (χ0n) is 9.41. The van der Waals surface area contributed by atoms with Gasteiger partial charge >= 0.3 is 0 Å². The molecule has 17 heavy (non-hydrogen) atoms. The minimum atomic E-state index is 0.644. The summed E-state index contributed by atoms with van der Waals surface area (Å²) < 4.78 is 5.15. The second-order valence-corrected chi connectivity index (χ2v) is 3.97. The van der Waals surface area contributed by atoms with E-state index >= 15 is 0 Å². The lowest BCUT2D eigenvalue weighted by Gasteiger charge is -2.12. The predicted octanol–water partition coefficient (Wildman–Crippen LogP) is 3.67. The van der Waals surface area contributed by atoms with Gasteiger partial charge in [-0.1, -0.05) is 23.7 Å². The average Bonchev–Trinajstić information content (AvgIpc) is 2.35. The van der Waals surface area contributed by atoms with Crippen molar-refractivity contribution in [2.45, 2.75) is 0 Å². The lowest BCUT2D eigenvalue weighted by Crippen LogP contribution is -1.97. The molecule has 0 atom stereocenters. The summed E-state index contributed by atoms with van der Waals surface area (Å²) in [6, 6.07) is 12.9. The highest BCUT2D eigenvalue weighted by molar-refractivity contribution is 6.33. The molecule has 2 rings (SSSR count). The molecule has 0 bridgehead atoms. The number of nitrogen functional groups attached to an aromatic ring is 1. The van der Waals surface area contributed by atoms with Crippen molar-refractivity contribution < 1.29 is 4.74 Å². The second-order valence-electron chi connectivity index (χ2n) is 3.56. The first-order chi connectivity index (χ1) is 8.20. The number of rotatable bonds is 3. The summed E-state index contributed by atoms with van der Waals surface area (Å²) in [7, 11) is 1.62. The first-order valence-electron chi connectivity index (χ1n) is 5.16. The molecule has 0 aliphatic rings. The molecule has 0 unspecified atom stereocenters. The Morgan fingerprint density at radius 1 is 1.12 bits per heavy atom.